The molecule has 0 saturated heterocycles. The molecule has 31 heavy (non-hydrogen) atoms. The molecule has 1 unspecified atom stereocenters. The molecule has 1 aliphatic rings. The van der Waals surface area contributed by atoms with E-state index in [1.54, 1.807) is 25.1 Å². The Bertz CT molecular complexity index is 936. The minimum atomic E-state index is -0.683. The normalized spacial score (nSPS) is 14.8. The Morgan fingerprint density at radius 3 is 2.42 bits per heavy atom. The molecule has 0 aromatic heterocycles. The van der Waals surface area contributed by atoms with Gasteiger partial charge in [-0.1, -0.05) is 60.9 Å². The predicted octanol–water partition coefficient (Wildman–Crippen LogP) is 3.92. The van der Waals surface area contributed by atoms with Crippen molar-refractivity contribution in [2.45, 2.75) is 64.6 Å². The van der Waals surface area contributed by atoms with Crippen molar-refractivity contribution < 1.29 is 14.5 Å². The number of aryl methyl sites for hydroxylation is 1. The second kappa shape index (κ2) is 10.2. The first kappa shape index (κ1) is 22.5. The van der Waals surface area contributed by atoms with Gasteiger partial charge >= 0.3 is 0 Å². The van der Waals surface area contributed by atoms with Crippen LogP contribution in [-0.4, -0.2) is 33.7 Å². The quantitative estimate of drug-likeness (QED) is 0.514. The Balaban J connectivity index is 1.81. The maximum atomic E-state index is 13.3. The van der Waals surface area contributed by atoms with E-state index in [0.29, 0.717) is 5.56 Å². The summed E-state index contributed by atoms with van der Waals surface area (Å²) in [7, 11) is 0. The van der Waals surface area contributed by atoms with Gasteiger partial charge in [-0.15, -0.1) is 0 Å². The van der Waals surface area contributed by atoms with Gasteiger partial charge in [-0.3, -0.25) is 19.7 Å². The lowest BCUT2D eigenvalue weighted by atomic mass is 10.1. The van der Waals surface area contributed by atoms with Crippen LogP contribution in [0.25, 0.3) is 0 Å². The summed E-state index contributed by atoms with van der Waals surface area (Å²) < 4.78 is 0. The average Bonchev–Trinajstić information content (AvgIpc) is 3.26. The van der Waals surface area contributed by atoms with Gasteiger partial charge in [-0.05, 0) is 32.3 Å². The molecule has 2 amide bonds. The molecule has 1 atom stereocenters. The maximum Gasteiger partial charge on any atom is 0.273 e. The molecule has 2 aromatic rings. The molecule has 7 heteroatoms. The van der Waals surface area contributed by atoms with E-state index in [1.807, 2.05) is 31.2 Å². The monoisotopic (exact) mass is 423 g/mol. The predicted molar refractivity (Wildman–Crippen MR) is 118 cm³/mol. The first-order valence-corrected chi connectivity index (χ1v) is 10.7. The first-order chi connectivity index (χ1) is 14.8. The Labute approximate surface area is 182 Å². The van der Waals surface area contributed by atoms with Gasteiger partial charge in [-0.2, -0.15) is 0 Å². The molecule has 0 spiro atoms. The van der Waals surface area contributed by atoms with Gasteiger partial charge in [0.05, 0.1) is 11.3 Å². The molecular formula is C24H29N3O4. The van der Waals surface area contributed by atoms with Gasteiger partial charge < -0.3 is 10.2 Å². The summed E-state index contributed by atoms with van der Waals surface area (Å²) in [6.45, 7) is 3.97. The fraction of sp³-hybridized carbons (Fsp3) is 0.417. The number of carbonyl (C=O) groups is 2. The van der Waals surface area contributed by atoms with Crippen molar-refractivity contribution >= 4 is 17.5 Å². The van der Waals surface area contributed by atoms with E-state index >= 15 is 0 Å². The number of nitro groups is 1. The van der Waals surface area contributed by atoms with Gasteiger partial charge in [0.2, 0.25) is 11.8 Å². The minimum absolute atomic E-state index is 0.0887. The first-order valence-electron chi connectivity index (χ1n) is 10.7. The molecule has 0 bridgehead atoms. The van der Waals surface area contributed by atoms with Crippen LogP contribution >= 0.6 is 0 Å². The number of hydrogen-bond donors (Lipinski definition) is 1. The van der Waals surface area contributed by atoms with Gasteiger partial charge in [0.25, 0.3) is 5.69 Å². The van der Waals surface area contributed by atoms with E-state index in [4.69, 9.17) is 0 Å². The second-order valence-corrected chi connectivity index (χ2v) is 8.24. The van der Waals surface area contributed by atoms with Crippen molar-refractivity contribution in [2.24, 2.45) is 0 Å². The van der Waals surface area contributed by atoms with E-state index in [-0.39, 0.29) is 36.5 Å². The van der Waals surface area contributed by atoms with E-state index < -0.39 is 11.0 Å². The highest BCUT2D eigenvalue weighted by Gasteiger charge is 2.29. The molecule has 3 rings (SSSR count). The lowest BCUT2D eigenvalue weighted by Crippen LogP contribution is -2.50. The lowest BCUT2D eigenvalue weighted by molar-refractivity contribution is -0.385. The Hall–Kier alpha value is -3.22. The highest BCUT2D eigenvalue weighted by molar-refractivity contribution is 5.88. The number of nitrogens with one attached hydrogen (secondary N) is 1. The highest BCUT2D eigenvalue weighted by atomic mass is 16.6. The number of nitrogens with zero attached hydrogens (tertiary/aromatic N) is 2. The number of rotatable bonds is 8. The highest BCUT2D eigenvalue weighted by Crippen LogP contribution is 2.21. The molecule has 2 aromatic carbocycles. The Morgan fingerprint density at radius 1 is 1.13 bits per heavy atom. The fourth-order valence-corrected chi connectivity index (χ4v) is 3.97. The standard InChI is InChI=1S/C24H29N3O4/c1-17-11-13-19(14-12-17)16-26(18(2)24(29)25-21-8-4-5-9-21)23(28)15-20-7-3-6-10-22(20)27(30)31/h3,6-7,10-14,18,21H,4-5,8-9,15-16H2,1-2H3,(H,25,29). The molecule has 164 valence electrons. The zero-order valence-electron chi connectivity index (χ0n) is 18.0. The molecular weight excluding hydrogens is 394 g/mol. The van der Waals surface area contributed by atoms with Crippen LogP contribution in [-0.2, 0) is 22.6 Å². The third kappa shape index (κ3) is 5.90. The maximum absolute atomic E-state index is 13.3. The lowest BCUT2D eigenvalue weighted by Gasteiger charge is -2.30. The Morgan fingerprint density at radius 2 is 1.77 bits per heavy atom. The molecule has 1 aliphatic carbocycles. The van der Waals surface area contributed by atoms with Gasteiger partial charge in [0.1, 0.15) is 6.04 Å². The van der Waals surface area contributed by atoms with Crippen molar-refractivity contribution in [1.29, 1.82) is 0 Å². The van der Waals surface area contributed by atoms with Crippen molar-refractivity contribution in [3.05, 3.63) is 75.3 Å². The Kier molecular flexibility index (Phi) is 7.39. The zero-order valence-corrected chi connectivity index (χ0v) is 18.0. The molecule has 0 radical (unpaired) electrons. The molecule has 1 N–H and O–H groups in total. The zero-order chi connectivity index (χ0) is 22.4. The van der Waals surface area contributed by atoms with Crippen LogP contribution in [0.3, 0.4) is 0 Å². The summed E-state index contributed by atoms with van der Waals surface area (Å²) in [5, 5.41) is 14.4. The molecule has 0 heterocycles. The smallest absolute Gasteiger partial charge is 0.273 e. The number of para-hydroxylation sites is 1. The van der Waals surface area contributed by atoms with Crippen molar-refractivity contribution in [3.63, 3.8) is 0 Å². The third-order valence-electron chi connectivity index (χ3n) is 5.87. The van der Waals surface area contributed by atoms with Crippen LogP contribution in [0.5, 0.6) is 0 Å². The van der Waals surface area contributed by atoms with E-state index in [0.717, 1.165) is 36.8 Å². The summed E-state index contributed by atoms with van der Waals surface area (Å²) >= 11 is 0. The largest absolute Gasteiger partial charge is 0.352 e. The summed E-state index contributed by atoms with van der Waals surface area (Å²) in [6, 6.07) is 13.5. The van der Waals surface area contributed by atoms with Crippen LogP contribution in [0.1, 0.15) is 49.3 Å². The van der Waals surface area contributed by atoms with Crippen LogP contribution in [0.2, 0.25) is 0 Å². The summed E-state index contributed by atoms with van der Waals surface area (Å²) in [4.78, 5) is 38.6. The minimum Gasteiger partial charge on any atom is -0.352 e. The van der Waals surface area contributed by atoms with Crippen LogP contribution in [0.15, 0.2) is 48.5 Å². The van der Waals surface area contributed by atoms with Crippen molar-refractivity contribution in [2.75, 3.05) is 0 Å². The van der Waals surface area contributed by atoms with Gasteiger partial charge in [-0.25, -0.2) is 0 Å². The number of hydrogen-bond acceptors (Lipinski definition) is 4. The van der Waals surface area contributed by atoms with E-state index in [1.165, 1.54) is 11.0 Å². The molecule has 1 saturated carbocycles. The summed E-state index contributed by atoms with van der Waals surface area (Å²) in [5.41, 5.74) is 2.26. The molecule has 1 fully saturated rings. The number of amides is 2. The number of nitro benzene ring substituents is 1. The van der Waals surface area contributed by atoms with Crippen molar-refractivity contribution in [1.82, 2.24) is 10.2 Å². The van der Waals surface area contributed by atoms with Crippen LogP contribution in [0, 0.1) is 17.0 Å². The number of carbonyl (C=O) groups excluding carboxylic acids is 2. The topological polar surface area (TPSA) is 92.6 Å². The van der Waals surface area contributed by atoms with Crippen molar-refractivity contribution in [3.8, 4) is 0 Å². The SMILES string of the molecule is Cc1ccc(CN(C(=O)Cc2ccccc2[N+](=O)[O-])C(C)C(=O)NC2CCCC2)cc1. The van der Waals surface area contributed by atoms with Gasteiger partial charge in [0.15, 0.2) is 0 Å². The fourth-order valence-electron chi connectivity index (χ4n) is 3.97. The van der Waals surface area contributed by atoms with Crippen LogP contribution in [0.4, 0.5) is 5.69 Å². The second-order valence-electron chi connectivity index (χ2n) is 8.24. The summed E-state index contributed by atoms with van der Waals surface area (Å²) in [6.07, 6.45) is 3.98. The van der Waals surface area contributed by atoms with Gasteiger partial charge in [0, 0.05) is 24.2 Å². The number of benzene rings is 2. The van der Waals surface area contributed by atoms with E-state index in [2.05, 4.69) is 5.32 Å². The molecule has 0 aliphatic heterocycles. The summed E-state index contributed by atoms with van der Waals surface area (Å²) in [5.74, 6) is -0.501. The third-order valence-corrected chi connectivity index (χ3v) is 5.87. The van der Waals surface area contributed by atoms with E-state index in [9.17, 15) is 19.7 Å². The molecule has 7 nitrogen and oxygen atoms in total. The average molecular weight is 424 g/mol. The van der Waals surface area contributed by atoms with Crippen LogP contribution < -0.4 is 5.32 Å².